The van der Waals surface area contributed by atoms with E-state index in [1.807, 2.05) is 27.7 Å². The van der Waals surface area contributed by atoms with Crippen molar-refractivity contribution >= 4 is 17.5 Å². The molecular weight excluding hydrogens is 285 g/mol. The van der Waals surface area contributed by atoms with Crippen LogP contribution in [0.25, 0.3) is 0 Å². The van der Waals surface area contributed by atoms with E-state index >= 15 is 0 Å². The molecule has 0 bridgehead atoms. The van der Waals surface area contributed by atoms with Gasteiger partial charge >= 0.3 is 0 Å². The van der Waals surface area contributed by atoms with Crippen LogP contribution in [0.4, 0.5) is 10.1 Å². The summed E-state index contributed by atoms with van der Waals surface area (Å²) in [6.45, 7) is 8.36. The minimum atomic E-state index is -0.408. The number of halogens is 1. The van der Waals surface area contributed by atoms with Crippen molar-refractivity contribution in [1.82, 2.24) is 10.2 Å². The Kier molecular flexibility index (Phi) is 6.49. The SMILES string of the molecule is CCN(CC(=O)Nc1cccc(F)c1)CC(=O)NC(C)(C)C. The lowest BCUT2D eigenvalue weighted by Gasteiger charge is -2.24. The Morgan fingerprint density at radius 1 is 1.18 bits per heavy atom. The highest BCUT2D eigenvalue weighted by molar-refractivity contribution is 5.92. The summed E-state index contributed by atoms with van der Waals surface area (Å²) in [5.74, 6) is -0.821. The molecule has 22 heavy (non-hydrogen) atoms. The quantitative estimate of drug-likeness (QED) is 0.845. The maximum Gasteiger partial charge on any atom is 0.238 e. The van der Waals surface area contributed by atoms with Crippen LogP contribution in [0.2, 0.25) is 0 Å². The Bertz CT molecular complexity index is 526. The number of nitrogens with one attached hydrogen (secondary N) is 2. The second-order valence-corrected chi connectivity index (χ2v) is 6.16. The molecule has 1 aromatic rings. The van der Waals surface area contributed by atoms with Gasteiger partial charge in [0, 0.05) is 11.2 Å². The van der Waals surface area contributed by atoms with Gasteiger partial charge in [0.15, 0.2) is 0 Å². The van der Waals surface area contributed by atoms with Gasteiger partial charge in [-0.3, -0.25) is 14.5 Å². The molecule has 0 aliphatic carbocycles. The molecule has 2 N–H and O–H groups in total. The summed E-state index contributed by atoms with van der Waals surface area (Å²) >= 11 is 0. The third-order valence-corrected chi connectivity index (χ3v) is 2.80. The van der Waals surface area contributed by atoms with Gasteiger partial charge in [0.05, 0.1) is 13.1 Å². The highest BCUT2D eigenvalue weighted by Crippen LogP contribution is 2.09. The molecule has 1 rings (SSSR count). The van der Waals surface area contributed by atoms with E-state index in [0.29, 0.717) is 12.2 Å². The number of carbonyl (C=O) groups is 2. The summed E-state index contributed by atoms with van der Waals surface area (Å²) < 4.78 is 13.1. The molecule has 0 aromatic heterocycles. The summed E-state index contributed by atoms with van der Waals surface area (Å²) in [4.78, 5) is 25.5. The van der Waals surface area contributed by atoms with E-state index in [1.165, 1.54) is 18.2 Å². The maximum absolute atomic E-state index is 13.1. The summed E-state index contributed by atoms with van der Waals surface area (Å²) in [5, 5.41) is 5.47. The van der Waals surface area contributed by atoms with E-state index in [4.69, 9.17) is 0 Å². The molecule has 0 saturated heterocycles. The van der Waals surface area contributed by atoms with Crippen molar-refractivity contribution in [3.05, 3.63) is 30.1 Å². The molecule has 2 amide bonds. The van der Waals surface area contributed by atoms with Gasteiger partial charge in [-0.15, -0.1) is 0 Å². The Labute approximate surface area is 130 Å². The first-order chi connectivity index (χ1) is 10.2. The van der Waals surface area contributed by atoms with Gasteiger partial charge in [0.1, 0.15) is 5.82 Å². The molecule has 122 valence electrons. The standard InChI is InChI=1S/C16H24FN3O2/c1-5-20(11-15(22)19-16(2,3)4)10-14(21)18-13-8-6-7-12(17)9-13/h6-9H,5,10-11H2,1-4H3,(H,18,21)(H,19,22). The van der Waals surface area contributed by atoms with Gasteiger partial charge in [-0.2, -0.15) is 0 Å². The molecule has 0 saturated carbocycles. The zero-order valence-electron chi connectivity index (χ0n) is 13.6. The molecular formula is C16H24FN3O2. The first-order valence-electron chi connectivity index (χ1n) is 7.28. The average molecular weight is 309 g/mol. The predicted octanol–water partition coefficient (Wildman–Crippen LogP) is 2.00. The van der Waals surface area contributed by atoms with Crippen LogP contribution < -0.4 is 10.6 Å². The number of hydrogen-bond donors (Lipinski definition) is 2. The number of hydrogen-bond acceptors (Lipinski definition) is 3. The largest absolute Gasteiger partial charge is 0.350 e. The lowest BCUT2D eigenvalue weighted by molar-refractivity contribution is -0.124. The first-order valence-corrected chi connectivity index (χ1v) is 7.28. The van der Waals surface area contributed by atoms with Crippen molar-refractivity contribution in [3.8, 4) is 0 Å². The van der Waals surface area contributed by atoms with Crippen LogP contribution in [0.5, 0.6) is 0 Å². The van der Waals surface area contributed by atoms with Crippen molar-refractivity contribution < 1.29 is 14.0 Å². The van der Waals surface area contributed by atoms with Gasteiger partial charge < -0.3 is 10.6 Å². The molecule has 5 nitrogen and oxygen atoms in total. The molecule has 6 heteroatoms. The smallest absolute Gasteiger partial charge is 0.238 e. The Balaban J connectivity index is 2.51. The highest BCUT2D eigenvalue weighted by atomic mass is 19.1. The zero-order chi connectivity index (χ0) is 16.8. The third kappa shape index (κ3) is 7.17. The normalized spacial score (nSPS) is 11.4. The molecule has 0 aliphatic heterocycles. The first kappa shape index (κ1) is 18.1. The molecule has 0 heterocycles. The molecule has 0 radical (unpaired) electrons. The lowest BCUT2D eigenvalue weighted by atomic mass is 10.1. The minimum Gasteiger partial charge on any atom is -0.350 e. The molecule has 0 spiro atoms. The van der Waals surface area contributed by atoms with E-state index in [0.717, 1.165) is 0 Å². The molecule has 0 fully saturated rings. The molecule has 0 aliphatic rings. The fourth-order valence-corrected chi connectivity index (χ4v) is 1.91. The fourth-order valence-electron chi connectivity index (χ4n) is 1.91. The lowest BCUT2D eigenvalue weighted by Crippen LogP contribution is -2.47. The number of amides is 2. The van der Waals surface area contributed by atoms with Crippen LogP contribution in [0.1, 0.15) is 27.7 Å². The third-order valence-electron chi connectivity index (χ3n) is 2.80. The van der Waals surface area contributed by atoms with Crippen molar-refractivity contribution in [2.45, 2.75) is 33.2 Å². The van der Waals surface area contributed by atoms with Gasteiger partial charge in [-0.25, -0.2) is 4.39 Å². The zero-order valence-corrected chi connectivity index (χ0v) is 13.6. The van der Waals surface area contributed by atoms with Crippen molar-refractivity contribution in [2.75, 3.05) is 25.0 Å². The molecule has 0 unspecified atom stereocenters. The van der Waals surface area contributed by atoms with E-state index < -0.39 is 5.82 Å². The number of likely N-dealkylation sites (N-methyl/N-ethyl adjacent to an activating group) is 1. The van der Waals surface area contributed by atoms with Crippen LogP contribution in [-0.2, 0) is 9.59 Å². The number of anilines is 1. The minimum absolute atomic E-state index is 0.0740. The van der Waals surface area contributed by atoms with Crippen LogP contribution in [0.15, 0.2) is 24.3 Å². The predicted molar refractivity (Wildman–Crippen MR) is 85.0 cm³/mol. The van der Waals surface area contributed by atoms with Crippen molar-refractivity contribution in [2.24, 2.45) is 0 Å². The number of rotatable bonds is 6. The second kappa shape index (κ2) is 7.89. The summed E-state index contributed by atoms with van der Waals surface area (Å²) in [6.07, 6.45) is 0. The van der Waals surface area contributed by atoms with E-state index in [-0.39, 0.29) is 30.4 Å². The Hall–Kier alpha value is -1.95. The second-order valence-electron chi connectivity index (χ2n) is 6.16. The number of benzene rings is 1. The topological polar surface area (TPSA) is 61.4 Å². The van der Waals surface area contributed by atoms with Gasteiger partial charge in [0.25, 0.3) is 0 Å². The van der Waals surface area contributed by atoms with E-state index in [1.54, 1.807) is 11.0 Å². The van der Waals surface area contributed by atoms with Crippen LogP contribution in [0, 0.1) is 5.82 Å². The van der Waals surface area contributed by atoms with E-state index in [2.05, 4.69) is 10.6 Å². The summed E-state index contributed by atoms with van der Waals surface area (Å²) in [5.41, 5.74) is 0.0977. The van der Waals surface area contributed by atoms with Crippen LogP contribution in [0.3, 0.4) is 0 Å². The maximum atomic E-state index is 13.1. The van der Waals surface area contributed by atoms with Crippen LogP contribution >= 0.6 is 0 Å². The van der Waals surface area contributed by atoms with Gasteiger partial charge in [-0.1, -0.05) is 13.0 Å². The van der Waals surface area contributed by atoms with E-state index in [9.17, 15) is 14.0 Å². The van der Waals surface area contributed by atoms with Gasteiger partial charge in [-0.05, 0) is 45.5 Å². The molecule has 1 aromatic carbocycles. The monoisotopic (exact) mass is 309 g/mol. The summed E-state index contributed by atoms with van der Waals surface area (Å²) in [6, 6.07) is 5.70. The number of carbonyl (C=O) groups excluding carboxylic acids is 2. The fraction of sp³-hybridized carbons (Fsp3) is 0.500. The number of nitrogens with zero attached hydrogens (tertiary/aromatic N) is 1. The average Bonchev–Trinajstić information content (AvgIpc) is 2.35. The highest BCUT2D eigenvalue weighted by Gasteiger charge is 2.17. The van der Waals surface area contributed by atoms with Crippen LogP contribution in [-0.4, -0.2) is 41.9 Å². The Morgan fingerprint density at radius 2 is 1.82 bits per heavy atom. The van der Waals surface area contributed by atoms with Gasteiger partial charge in [0.2, 0.25) is 11.8 Å². The van der Waals surface area contributed by atoms with Crippen molar-refractivity contribution in [1.29, 1.82) is 0 Å². The molecule has 0 atom stereocenters. The van der Waals surface area contributed by atoms with Crippen molar-refractivity contribution in [3.63, 3.8) is 0 Å². The summed E-state index contributed by atoms with van der Waals surface area (Å²) in [7, 11) is 0. The Morgan fingerprint density at radius 3 is 2.36 bits per heavy atom.